The molecule has 3 aromatic carbocycles. The minimum absolute atomic E-state index is 0.00620. The second-order valence-corrected chi connectivity index (χ2v) is 9.07. The number of ether oxygens (including phenoxy) is 1. The van der Waals surface area contributed by atoms with Gasteiger partial charge in [0, 0.05) is 42.2 Å². The van der Waals surface area contributed by atoms with Crippen molar-refractivity contribution in [1.82, 2.24) is 9.88 Å². The van der Waals surface area contributed by atoms with E-state index < -0.39 is 22.6 Å². The lowest BCUT2D eigenvalue weighted by Crippen LogP contribution is -2.33. The zero-order valence-electron chi connectivity index (χ0n) is 20.6. The average Bonchev–Trinajstić information content (AvgIpc) is 3.45. The molecule has 0 bridgehead atoms. The normalized spacial score (nSPS) is 15.3. The summed E-state index contributed by atoms with van der Waals surface area (Å²) in [6.45, 7) is 0.205. The standard InChI is InChI=1S/C29H25N3O6/c1-38-22-11-12-24-23(16-22)20(17-30-24)13-14-31-27(19-7-9-21(10-8-19)32(36)37)26(28(34)29(31)35)25(33)15-18-5-3-2-4-6-18/h2-12,16-17,27,30,34H,13-15H2,1H3/t27-/m1/s1. The number of hydrogen-bond donors (Lipinski definition) is 2. The molecule has 1 aliphatic rings. The average molecular weight is 512 g/mol. The lowest BCUT2D eigenvalue weighted by Gasteiger charge is -2.27. The van der Waals surface area contributed by atoms with Gasteiger partial charge in [-0.05, 0) is 53.4 Å². The highest BCUT2D eigenvalue weighted by atomic mass is 16.6. The molecule has 192 valence electrons. The third-order valence-electron chi connectivity index (χ3n) is 6.83. The van der Waals surface area contributed by atoms with Gasteiger partial charge < -0.3 is 19.7 Å². The second kappa shape index (κ2) is 10.2. The van der Waals surface area contributed by atoms with Gasteiger partial charge in [0.2, 0.25) is 0 Å². The quantitative estimate of drug-likeness (QED) is 0.245. The van der Waals surface area contributed by atoms with E-state index >= 15 is 0 Å². The van der Waals surface area contributed by atoms with Crippen LogP contribution in [-0.4, -0.2) is 45.3 Å². The number of methoxy groups -OCH3 is 1. The van der Waals surface area contributed by atoms with Gasteiger partial charge in [0.1, 0.15) is 5.75 Å². The van der Waals surface area contributed by atoms with Gasteiger partial charge in [0.25, 0.3) is 11.6 Å². The van der Waals surface area contributed by atoms with E-state index in [-0.39, 0.29) is 30.0 Å². The van der Waals surface area contributed by atoms with E-state index in [1.807, 2.05) is 42.6 Å². The number of amides is 1. The number of aliphatic hydroxyl groups excluding tert-OH is 1. The summed E-state index contributed by atoms with van der Waals surface area (Å²) in [6, 6.07) is 19.6. The highest BCUT2D eigenvalue weighted by Crippen LogP contribution is 2.39. The van der Waals surface area contributed by atoms with Gasteiger partial charge in [0.05, 0.1) is 23.6 Å². The van der Waals surface area contributed by atoms with E-state index in [0.717, 1.165) is 22.0 Å². The molecule has 1 amide bonds. The number of aliphatic hydroxyl groups is 1. The van der Waals surface area contributed by atoms with Crippen molar-refractivity contribution in [2.75, 3.05) is 13.7 Å². The minimum atomic E-state index is -0.876. The van der Waals surface area contributed by atoms with E-state index in [0.29, 0.717) is 17.7 Å². The van der Waals surface area contributed by atoms with Gasteiger partial charge in [-0.15, -0.1) is 0 Å². The molecule has 9 nitrogen and oxygen atoms in total. The molecule has 1 atom stereocenters. The first kappa shape index (κ1) is 24.8. The van der Waals surface area contributed by atoms with E-state index in [2.05, 4.69) is 4.98 Å². The Kier molecular flexibility index (Phi) is 6.66. The Hall–Kier alpha value is -4.92. The van der Waals surface area contributed by atoms with Crippen LogP contribution in [0.25, 0.3) is 10.9 Å². The topological polar surface area (TPSA) is 126 Å². The molecule has 5 rings (SSSR count). The molecular formula is C29H25N3O6. The summed E-state index contributed by atoms with van der Waals surface area (Å²) in [5.41, 5.74) is 3.00. The lowest BCUT2D eigenvalue weighted by atomic mass is 9.93. The molecule has 2 N–H and O–H groups in total. The van der Waals surface area contributed by atoms with Gasteiger partial charge in [-0.1, -0.05) is 30.3 Å². The summed E-state index contributed by atoms with van der Waals surface area (Å²) in [6.07, 6.45) is 2.31. The molecule has 0 aliphatic carbocycles. The number of rotatable bonds is 9. The molecule has 0 spiro atoms. The number of aromatic amines is 1. The third kappa shape index (κ3) is 4.61. The number of nitro benzene ring substituents is 1. The molecular weight excluding hydrogens is 486 g/mol. The Bertz CT molecular complexity index is 1560. The number of nitrogens with zero attached hydrogens (tertiary/aromatic N) is 2. The van der Waals surface area contributed by atoms with Crippen molar-refractivity contribution < 1.29 is 24.4 Å². The zero-order chi connectivity index (χ0) is 26.8. The van der Waals surface area contributed by atoms with Crippen LogP contribution < -0.4 is 4.74 Å². The van der Waals surface area contributed by atoms with Crippen LogP contribution in [0, 0.1) is 10.1 Å². The van der Waals surface area contributed by atoms with Crippen LogP contribution in [0.3, 0.4) is 0 Å². The maximum atomic E-state index is 13.4. The first-order chi connectivity index (χ1) is 18.4. The molecule has 0 radical (unpaired) electrons. The van der Waals surface area contributed by atoms with E-state index in [1.165, 1.54) is 29.2 Å². The summed E-state index contributed by atoms with van der Waals surface area (Å²) < 4.78 is 5.34. The maximum Gasteiger partial charge on any atom is 0.290 e. The second-order valence-electron chi connectivity index (χ2n) is 9.07. The van der Waals surface area contributed by atoms with Crippen molar-refractivity contribution in [3.8, 4) is 5.75 Å². The molecule has 0 unspecified atom stereocenters. The fourth-order valence-corrected chi connectivity index (χ4v) is 4.90. The number of ketones is 1. The maximum absolute atomic E-state index is 13.4. The fourth-order valence-electron chi connectivity index (χ4n) is 4.90. The van der Waals surface area contributed by atoms with E-state index in [1.54, 1.807) is 19.2 Å². The van der Waals surface area contributed by atoms with Gasteiger partial charge in [0.15, 0.2) is 11.5 Å². The first-order valence-corrected chi connectivity index (χ1v) is 12.1. The van der Waals surface area contributed by atoms with Gasteiger partial charge in [-0.25, -0.2) is 0 Å². The molecule has 1 aromatic heterocycles. The monoisotopic (exact) mass is 511 g/mol. The summed E-state index contributed by atoms with van der Waals surface area (Å²) in [4.78, 5) is 42.1. The van der Waals surface area contributed by atoms with Crippen molar-refractivity contribution in [2.24, 2.45) is 0 Å². The van der Waals surface area contributed by atoms with Crippen LogP contribution in [0.4, 0.5) is 5.69 Å². The van der Waals surface area contributed by atoms with Crippen molar-refractivity contribution in [2.45, 2.75) is 18.9 Å². The van der Waals surface area contributed by atoms with Crippen molar-refractivity contribution >= 4 is 28.3 Å². The molecule has 2 heterocycles. The van der Waals surface area contributed by atoms with Crippen molar-refractivity contribution in [3.05, 3.63) is 117 Å². The Morgan fingerprint density at radius 1 is 1.11 bits per heavy atom. The van der Waals surface area contributed by atoms with Crippen LogP contribution in [0.15, 0.2) is 90.3 Å². The molecule has 0 saturated heterocycles. The highest BCUT2D eigenvalue weighted by molar-refractivity contribution is 6.09. The number of aromatic nitrogens is 1. The minimum Gasteiger partial charge on any atom is -0.503 e. The third-order valence-corrected chi connectivity index (χ3v) is 6.83. The van der Waals surface area contributed by atoms with E-state index in [9.17, 15) is 24.8 Å². The SMILES string of the molecule is COc1ccc2[nH]cc(CCN3C(=O)C(O)=C(C(=O)Cc4ccccc4)[C@H]3c3ccc([N+](=O)[O-])cc3)c2c1. The number of H-pyrrole nitrogens is 1. The number of fused-ring (bicyclic) bond motifs is 1. The van der Waals surface area contributed by atoms with Gasteiger partial charge in [-0.3, -0.25) is 19.7 Å². The van der Waals surface area contributed by atoms with Crippen LogP contribution in [0.1, 0.15) is 22.7 Å². The number of benzene rings is 3. The summed E-state index contributed by atoms with van der Waals surface area (Å²) >= 11 is 0. The number of carbonyl (C=O) groups is 2. The Morgan fingerprint density at radius 2 is 1.84 bits per heavy atom. The molecule has 38 heavy (non-hydrogen) atoms. The fraction of sp³-hybridized carbons (Fsp3) is 0.172. The molecule has 1 aliphatic heterocycles. The smallest absolute Gasteiger partial charge is 0.290 e. The predicted molar refractivity (Wildman–Crippen MR) is 141 cm³/mol. The number of non-ortho nitro benzene ring substituents is 1. The highest BCUT2D eigenvalue weighted by Gasteiger charge is 2.43. The summed E-state index contributed by atoms with van der Waals surface area (Å²) in [5.74, 6) is -0.922. The van der Waals surface area contributed by atoms with Crippen molar-refractivity contribution in [1.29, 1.82) is 0 Å². The number of nitro groups is 1. The molecule has 4 aromatic rings. The predicted octanol–water partition coefficient (Wildman–Crippen LogP) is 4.83. The first-order valence-electron chi connectivity index (χ1n) is 12.1. The Balaban J connectivity index is 1.48. The van der Waals surface area contributed by atoms with Crippen LogP contribution in [0.2, 0.25) is 0 Å². The summed E-state index contributed by atoms with van der Waals surface area (Å²) in [5, 5.41) is 23.0. The number of nitrogens with one attached hydrogen (secondary N) is 1. The van der Waals surface area contributed by atoms with E-state index in [4.69, 9.17) is 4.74 Å². The number of hydrogen-bond acceptors (Lipinski definition) is 6. The number of carbonyl (C=O) groups excluding carboxylic acids is 2. The van der Waals surface area contributed by atoms with Gasteiger partial charge in [-0.2, -0.15) is 0 Å². The Morgan fingerprint density at radius 3 is 2.53 bits per heavy atom. The van der Waals surface area contributed by atoms with Crippen LogP contribution >= 0.6 is 0 Å². The van der Waals surface area contributed by atoms with Crippen molar-refractivity contribution in [3.63, 3.8) is 0 Å². The lowest BCUT2D eigenvalue weighted by molar-refractivity contribution is -0.384. The van der Waals surface area contributed by atoms with Gasteiger partial charge >= 0.3 is 0 Å². The zero-order valence-corrected chi connectivity index (χ0v) is 20.6. The number of Topliss-reactive ketones (excluding diaryl/α,β-unsaturated/α-hetero) is 1. The van der Waals surface area contributed by atoms with Crippen LogP contribution in [-0.2, 0) is 22.4 Å². The molecule has 0 saturated carbocycles. The molecule has 0 fully saturated rings. The summed E-state index contributed by atoms with van der Waals surface area (Å²) in [7, 11) is 1.59. The molecule has 9 heteroatoms. The Labute approximate surface area is 218 Å². The van der Waals surface area contributed by atoms with Crippen LogP contribution in [0.5, 0.6) is 5.75 Å². The largest absolute Gasteiger partial charge is 0.503 e.